The molecular weight excluding hydrogens is 338 g/mol. The third-order valence-corrected chi connectivity index (χ3v) is 2.92. The molecule has 8 nitrogen and oxygen atoms in total. The topological polar surface area (TPSA) is 130 Å². The first-order valence-corrected chi connectivity index (χ1v) is 6.35. The van der Waals surface area contributed by atoms with Crippen molar-refractivity contribution in [1.82, 2.24) is 5.32 Å². The van der Waals surface area contributed by atoms with E-state index in [4.69, 9.17) is 0 Å². The summed E-state index contributed by atoms with van der Waals surface area (Å²) in [4.78, 5) is 45.0. The molecule has 118 valence electrons. The van der Waals surface area contributed by atoms with Crippen molar-refractivity contribution in [3.63, 3.8) is 0 Å². The molecule has 0 bridgehead atoms. The van der Waals surface area contributed by atoms with Crippen LogP contribution in [-0.2, 0) is 14.4 Å². The molecule has 1 aromatic carbocycles. The summed E-state index contributed by atoms with van der Waals surface area (Å²) < 4.78 is 0. The molecule has 0 saturated carbocycles. The molecule has 10 heteroatoms. The van der Waals surface area contributed by atoms with Gasteiger partial charge in [0.15, 0.2) is 0 Å². The summed E-state index contributed by atoms with van der Waals surface area (Å²) in [5, 5.41) is 23.4. The van der Waals surface area contributed by atoms with Gasteiger partial charge < -0.3 is 30.0 Å². The molecule has 0 aliphatic rings. The standard InChI is InChI=1S/C14H16N2O6.2Na/c1-16(8-17)10-4-2-9(3-5-10)13(20)15-11(14(21)22)6-7-12(18)19;;/h2-5,8,11H,6-7H2,1H3,(H,15,20)(H,18,19)(H,21,22);;/q;2*+1/p-2/t11-;;/m0../s1. The zero-order chi connectivity index (χ0) is 16.7. The fraction of sp³-hybridized carbons (Fsp3) is 0.286. The van der Waals surface area contributed by atoms with Crippen molar-refractivity contribution in [3.05, 3.63) is 29.8 Å². The number of carboxylic acid groups (broad SMARTS) is 2. The fourth-order valence-electron chi connectivity index (χ4n) is 1.66. The van der Waals surface area contributed by atoms with Gasteiger partial charge in [-0.3, -0.25) is 9.59 Å². The average Bonchev–Trinajstić information content (AvgIpc) is 2.50. The molecule has 0 aromatic heterocycles. The minimum Gasteiger partial charge on any atom is -0.550 e. The van der Waals surface area contributed by atoms with Crippen molar-refractivity contribution in [2.75, 3.05) is 11.9 Å². The number of nitrogens with zero attached hydrogens (tertiary/aromatic N) is 1. The largest absolute Gasteiger partial charge is 1.00 e. The van der Waals surface area contributed by atoms with Gasteiger partial charge in [0.2, 0.25) is 6.41 Å². The quantitative estimate of drug-likeness (QED) is 0.365. The molecule has 0 saturated heterocycles. The van der Waals surface area contributed by atoms with Gasteiger partial charge >= 0.3 is 59.1 Å². The zero-order valence-corrected chi connectivity index (χ0v) is 17.8. The Labute approximate surface area is 183 Å². The number of carbonyl (C=O) groups is 4. The summed E-state index contributed by atoms with van der Waals surface area (Å²) in [5.74, 6) is -3.68. The summed E-state index contributed by atoms with van der Waals surface area (Å²) in [5.41, 5.74) is 0.725. The third-order valence-electron chi connectivity index (χ3n) is 2.92. The summed E-state index contributed by atoms with van der Waals surface area (Å²) in [6, 6.07) is 4.42. The van der Waals surface area contributed by atoms with Crippen molar-refractivity contribution < 1.29 is 88.5 Å². The van der Waals surface area contributed by atoms with Gasteiger partial charge in [-0.25, -0.2) is 0 Å². The second-order valence-corrected chi connectivity index (χ2v) is 4.52. The number of hydrogen-bond donors (Lipinski definition) is 1. The second-order valence-electron chi connectivity index (χ2n) is 4.52. The Morgan fingerprint density at radius 1 is 1.17 bits per heavy atom. The maximum Gasteiger partial charge on any atom is 1.00 e. The number of nitrogens with one attached hydrogen (secondary N) is 1. The van der Waals surface area contributed by atoms with E-state index < -0.39 is 30.3 Å². The van der Waals surface area contributed by atoms with Crippen LogP contribution in [-0.4, -0.2) is 37.3 Å². The van der Waals surface area contributed by atoms with Gasteiger partial charge in [-0.1, -0.05) is 0 Å². The molecule has 1 aromatic rings. The fourth-order valence-corrected chi connectivity index (χ4v) is 1.66. The number of rotatable bonds is 8. The molecular formula is C14H14N2Na2O6. The molecule has 1 atom stereocenters. The van der Waals surface area contributed by atoms with Crippen LogP contribution in [0.3, 0.4) is 0 Å². The molecule has 1 N–H and O–H groups in total. The normalized spacial score (nSPS) is 10.4. The van der Waals surface area contributed by atoms with Crippen LogP contribution in [0.1, 0.15) is 23.2 Å². The Hall–Kier alpha value is -0.900. The zero-order valence-electron chi connectivity index (χ0n) is 13.8. The summed E-state index contributed by atoms with van der Waals surface area (Å²) in [7, 11) is 1.54. The van der Waals surface area contributed by atoms with E-state index >= 15 is 0 Å². The van der Waals surface area contributed by atoms with E-state index in [0.29, 0.717) is 12.1 Å². The van der Waals surface area contributed by atoms with E-state index in [1.165, 1.54) is 36.2 Å². The SMILES string of the molecule is CN(C=O)c1ccc(C(=O)N[C@@H](CCC(=O)[O-])C(=O)[O-])cc1.[Na+].[Na+]. The molecule has 2 amide bonds. The van der Waals surface area contributed by atoms with Crippen molar-refractivity contribution in [2.45, 2.75) is 18.9 Å². The third kappa shape index (κ3) is 8.27. The Morgan fingerprint density at radius 2 is 1.71 bits per heavy atom. The van der Waals surface area contributed by atoms with Crippen LogP contribution >= 0.6 is 0 Å². The van der Waals surface area contributed by atoms with Crippen molar-refractivity contribution in [3.8, 4) is 0 Å². The number of aliphatic carboxylic acids is 2. The molecule has 0 spiro atoms. The molecule has 0 aliphatic carbocycles. The van der Waals surface area contributed by atoms with Crippen LogP contribution in [0.25, 0.3) is 0 Å². The van der Waals surface area contributed by atoms with Crippen LogP contribution in [0.5, 0.6) is 0 Å². The summed E-state index contributed by atoms with van der Waals surface area (Å²) in [6.45, 7) is 0. The van der Waals surface area contributed by atoms with E-state index in [1.54, 1.807) is 0 Å². The first-order valence-electron chi connectivity index (χ1n) is 6.35. The van der Waals surface area contributed by atoms with Crippen LogP contribution in [0.15, 0.2) is 24.3 Å². The van der Waals surface area contributed by atoms with Crippen molar-refractivity contribution in [1.29, 1.82) is 0 Å². The Balaban J connectivity index is 0. The van der Waals surface area contributed by atoms with Gasteiger partial charge in [0.1, 0.15) is 0 Å². The predicted octanol–water partition coefficient (Wildman–Crippen LogP) is -8.33. The maximum atomic E-state index is 11.9. The number of hydrogen-bond acceptors (Lipinski definition) is 6. The van der Waals surface area contributed by atoms with Gasteiger partial charge in [-0.05, 0) is 37.1 Å². The summed E-state index contributed by atoms with van der Waals surface area (Å²) in [6.07, 6.45) is -0.245. The van der Waals surface area contributed by atoms with Gasteiger partial charge in [-0.2, -0.15) is 0 Å². The van der Waals surface area contributed by atoms with Crippen LogP contribution < -0.4 is 79.5 Å². The van der Waals surface area contributed by atoms with Gasteiger partial charge in [0.25, 0.3) is 5.91 Å². The Morgan fingerprint density at radius 3 is 2.12 bits per heavy atom. The van der Waals surface area contributed by atoms with E-state index in [2.05, 4.69) is 5.32 Å². The van der Waals surface area contributed by atoms with E-state index in [-0.39, 0.29) is 71.1 Å². The smallest absolute Gasteiger partial charge is 0.550 e. The van der Waals surface area contributed by atoms with Crippen LogP contribution in [0.4, 0.5) is 5.69 Å². The number of carbonyl (C=O) groups excluding carboxylic acids is 4. The number of anilines is 1. The van der Waals surface area contributed by atoms with Gasteiger partial charge in [-0.15, -0.1) is 0 Å². The molecule has 0 unspecified atom stereocenters. The van der Waals surface area contributed by atoms with Crippen molar-refractivity contribution in [2.24, 2.45) is 0 Å². The minimum absolute atomic E-state index is 0. The maximum absolute atomic E-state index is 11.9. The minimum atomic E-state index is -1.58. The molecule has 0 aliphatic heterocycles. The van der Waals surface area contributed by atoms with E-state index in [0.717, 1.165) is 0 Å². The molecule has 0 heterocycles. The first kappa shape index (κ1) is 25.3. The second kappa shape index (κ2) is 12.5. The number of amides is 2. The van der Waals surface area contributed by atoms with Crippen LogP contribution in [0.2, 0.25) is 0 Å². The molecule has 0 fully saturated rings. The summed E-state index contributed by atoms with van der Waals surface area (Å²) >= 11 is 0. The Kier molecular flexibility index (Phi) is 13.2. The Bertz CT molecular complexity index is 579. The van der Waals surface area contributed by atoms with Gasteiger partial charge in [0, 0.05) is 24.3 Å². The predicted molar refractivity (Wildman–Crippen MR) is 71.4 cm³/mol. The van der Waals surface area contributed by atoms with Crippen molar-refractivity contribution >= 4 is 29.9 Å². The van der Waals surface area contributed by atoms with Crippen LogP contribution in [0, 0.1) is 0 Å². The monoisotopic (exact) mass is 352 g/mol. The molecule has 0 radical (unpaired) electrons. The van der Waals surface area contributed by atoms with E-state index in [9.17, 15) is 29.4 Å². The van der Waals surface area contributed by atoms with E-state index in [1.807, 2.05) is 0 Å². The average molecular weight is 352 g/mol. The number of benzene rings is 1. The molecule has 24 heavy (non-hydrogen) atoms. The number of carboxylic acids is 2. The molecule has 1 rings (SSSR count). The van der Waals surface area contributed by atoms with Gasteiger partial charge in [0.05, 0.1) is 12.0 Å². The first-order chi connectivity index (χ1) is 10.3.